The van der Waals surface area contributed by atoms with Crippen LogP contribution >= 0.6 is 15.9 Å². The van der Waals surface area contributed by atoms with E-state index >= 15 is 0 Å². The fourth-order valence-electron chi connectivity index (χ4n) is 1.53. The van der Waals surface area contributed by atoms with Crippen molar-refractivity contribution in [1.29, 1.82) is 0 Å². The summed E-state index contributed by atoms with van der Waals surface area (Å²) >= 11 is 3.46. The van der Waals surface area contributed by atoms with E-state index in [1.165, 1.54) is 0 Å². The van der Waals surface area contributed by atoms with E-state index in [1.54, 1.807) is 6.92 Å². The van der Waals surface area contributed by atoms with Gasteiger partial charge in [0.05, 0.1) is 17.0 Å². The van der Waals surface area contributed by atoms with Gasteiger partial charge in [0.15, 0.2) is 0 Å². The van der Waals surface area contributed by atoms with E-state index in [2.05, 4.69) is 22.9 Å². The Bertz CT molecular complexity index is 437. The fraction of sp³-hybridized carbons (Fsp3) is 0.500. The van der Waals surface area contributed by atoms with Gasteiger partial charge in [0.25, 0.3) is 0 Å². The number of hydrogen-bond acceptors (Lipinski definition) is 3. The summed E-state index contributed by atoms with van der Waals surface area (Å²) in [4.78, 5) is 10.9. The molecule has 0 aliphatic rings. The van der Waals surface area contributed by atoms with Crippen LogP contribution in [0.5, 0.6) is 5.75 Å². The van der Waals surface area contributed by atoms with Gasteiger partial charge in [-0.2, -0.15) is 0 Å². The molecular formula is C14H21BrN2O2. The highest BCUT2D eigenvalue weighted by Gasteiger charge is 2.11. The Morgan fingerprint density at radius 2 is 2.16 bits per heavy atom. The molecule has 1 amide bonds. The van der Waals surface area contributed by atoms with Gasteiger partial charge < -0.3 is 16.2 Å². The van der Waals surface area contributed by atoms with E-state index in [4.69, 9.17) is 16.2 Å². The van der Waals surface area contributed by atoms with Crippen LogP contribution in [-0.4, -0.2) is 18.6 Å². The number of halogens is 1. The van der Waals surface area contributed by atoms with Crippen LogP contribution in [0.3, 0.4) is 0 Å². The van der Waals surface area contributed by atoms with E-state index in [0.717, 1.165) is 22.9 Å². The molecule has 0 radical (unpaired) electrons. The van der Waals surface area contributed by atoms with Crippen molar-refractivity contribution < 1.29 is 9.53 Å². The molecule has 0 fully saturated rings. The van der Waals surface area contributed by atoms with Gasteiger partial charge in [-0.1, -0.05) is 19.9 Å². The summed E-state index contributed by atoms with van der Waals surface area (Å²) in [6.07, 6.45) is 1.79. The number of amides is 1. The van der Waals surface area contributed by atoms with Gasteiger partial charge in [-0.15, -0.1) is 0 Å². The summed E-state index contributed by atoms with van der Waals surface area (Å²) in [6.45, 7) is 4.09. The zero-order chi connectivity index (χ0) is 14.4. The van der Waals surface area contributed by atoms with Crippen LogP contribution in [0.1, 0.15) is 25.8 Å². The van der Waals surface area contributed by atoms with Crippen LogP contribution in [0, 0.1) is 5.92 Å². The monoisotopic (exact) mass is 328 g/mol. The summed E-state index contributed by atoms with van der Waals surface area (Å²) in [6, 6.07) is 6.05. The smallest absolute Gasteiger partial charge is 0.223 e. The van der Waals surface area contributed by atoms with Crippen molar-refractivity contribution in [2.24, 2.45) is 17.4 Å². The third-order valence-corrected chi connectivity index (χ3v) is 3.61. The Kier molecular flexibility index (Phi) is 6.31. The van der Waals surface area contributed by atoms with Crippen molar-refractivity contribution >= 4 is 21.8 Å². The van der Waals surface area contributed by atoms with Crippen LogP contribution in [0.2, 0.25) is 0 Å². The van der Waals surface area contributed by atoms with Crippen LogP contribution in [0.4, 0.5) is 0 Å². The number of ether oxygens (including phenoxy) is 1. The first-order chi connectivity index (χ1) is 8.93. The second-order valence-corrected chi connectivity index (χ2v) is 5.61. The third kappa shape index (κ3) is 5.20. The Balaban J connectivity index is 2.64. The first kappa shape index (κ1) is 16.0. The molecule has 5 heteroatoms. The molecule has 0 saturated heterocycles. The molecule has 19 heavy (non-hydrogen) atoms. The lowest BCUT2D eigenvalue weighted by molar-refractivity contribution is -0.122. The SMILES string of the molecule is CCC(N)Cc1ccc(OCC(C)C(N)=O)c(Br)c1. The van der Waals surface area contributed by atoms with Crippen molar-refractivity contribution in [3.63, 3.8) is 0 Å². The van der Waals surface area contributed by atoms with Crippen molar-refractivity contribution in [3.8, 4) is 5.75 Å². The quantitative estimate of drug-likeness (QED) is 0.805. The van der Waals surface area contributed by atoms with Gasteiger partial charge in [-0.05, 0) is 46.5 Å². The Morgan fingerprint density at radius 1 is 1.47 bits per heavy atom. The van der Waals surface area contributed by atoms with Crippen molar-refractivity contribution in [1.82, 2.24) is 0 Å². The molecule has 106 valence electrons. The molecule has 0 aliphatic heterocycles. The molecule has 0 saturated carbocycles. The van der Waals surface area contributed by atoms with Gasteiger partial charge in [-0.3, -0.25) is 4.79 Å². The summed E-state index contributed by atoms with van der Waals surface area (Å²) in [7, 11) is 0. The maximum Gasteiger partial charge on any atom is 0.223 e. The number of benzene rings is 1. The van der Waals surface area contributed by atoms with Gasteiger partial charge >= 0.3 is 0 Å². The second kappa shape index (κ2) is 7.50. The third-order valence-electron chi connectivity index (χ3n) is 2.99. The molecule has 0 bridgehead atoms. The lowest BCUT2D eigenvalue weighted by atomic mass is 10.0. The summed E-state index contributed by atoms with van der Waals surface area (Å²) in [5.74, 6) is 0.0451. The normalized spacial score (nSPS) is 13.9. The molecule has 1 aromatic carbocycles. The van der Waals surface area contributed by atoms with Gasteiger partial charge in [0, 0.05) is 6.04 Å². The van der Waals surface area contributed by atoms with Gasteiger partial charge in [-0.25, -0.2) is 0 Å². The number of carbonyl (C=O) groups is 1. The van der Waals surface area contributed by atoms with E-state index in [1.807, 2.05) is 18.2 Å². The number of rotatable bonds is 7. The molecule has 2 unspecified atom stereocenters. The summed E-state index contributed by atoms with van der Waals surface area (Å²) < 4.78 is 6.43. The van der Waals surface area contributed by atoms with Crippen LogP contribution in [0.15, 0.2) is 22.7 Å². The lowest BCUT2D eigenvalue weighted by Gasteiger charge is -2.13. The van der Waals surface area contributed by atoms with E-state index in [-0.39, 0.29) is 24.5 Å². The molecule has 1 aromatic rings. The fourth-order valence-corrected chi connectivity index (χ4v) is 2.07. The average Bonchev–Trinajstić information content (AvgIpc) is 2.37. The second-order valence-electron chi connectivity index (χ2n) is 4.75. The Labute approximate surface area is 122 Å². The minimum Gasteiger partial charge on any atom is -0.492 e. The first-order valence-corrected chi connectivity index (χ1v) is 7.19. The van der Waals surface area contributed by atoms with E-state index in [9.17, 15) is 4.79 Å². The topological polar surface area (TPSA) is 78.3 Å². The molecule has 0 heterocycles. The van der Waals surface area contributed by atoms with Gasteiger partial charge in [0.2, 0.25) is 5.91 Å². The molecule has 1 rings (SSSR count). The molecule has 4 N–H and O–H groups in total. The predicted molar refractivity (Wildman–Crippen MR) is 80.0 cm³/mol. The maximum absolute atomic E-state index is 10.9. The molecule has 0 spiro atoms. The molecule has 2 atom stereocenters. The summed E-state index contributed by atoms with van der Waals surface area (Å²) in [5, 5.41) is 0. The van der Waals surface area contributed by atoms with Gasteiger partial charge in [0.1, 0.15) is 5.75 Å². The highest BCUT2D eigenvalue weighted by molar-refractivity contribution is 9.10. The largest absolute Gasteiger partial charge is 0.492 e. The predicted octanol–water partition coefficient (Wildman–Crippen LogP) is 2.23. The standard InChI is InChI=1S/C14H21BrN2O2/c1-3-11(16)6-10-4-5-13(12(15)7-10)19-8-9(2)14(17)18/h4-5,7,9,11H,3,6,8,16H2,1-2H3,(H2,17,18). The van der Waals surface area contributed by atoms with Crippen LogP contribution in [0.25, 0.3) is 0 Å². The minimum absolute atomic E-state index is 0.175. The Hall–Kier alpha value is -1.07. The van der Waals surface area contributed by atoms with Crippen molar-refractivity contribution in [2.75, 3.05) is 6.61 Å². The molecule has 4 nitrogen and oxygen atoms in total. The highest BCUT2D eigenvalue weighted by atomic mass is 79.9. The molecular weight excluding hydrogens is 308 g/mol. The van der Waals surface area contributed by atoms with Crippen molar-refractivity contribution in [3.05, 3.63) is 28.2 Å². The lowest BCUT2D eigenvalue weighted by Crippen LogP contribution is -2.25. The molecule has 0 aliphatic carbocycles. The van der Waals surface area contributed by atoms with E-state index in [0.29, 0.717) is 5.75 Å². The number of primary amides is 1. The van der Waals surface area contributed by atoms with Crippen LogP contribution in [-0.2, 0) is 11.2 Å². The molecule has 0 aromatic heterocycles. The zero-order valence-corrected chi connectivity index (χ0v) is 12.9. The summed E-state index contributed by atoms with van der Waals surface area (Å²) in [5.41, 5.74) is 12.3. The minimum atomic E-state index is -0.360. The number of carbonyl (C=O) groups excluding carboxylic acids is 1. The maximum atomic E-state index is 10.9. The van der Waals surface area contributed by atoms with Crippen molar-refractivity contribution in [2.45, 2.75) is 32.7 Å². The first-order valence-electron chi connectivity index (χ1n) is 6.40. The Morgan fingerprint density at radius 3 is 2.68 bits per heavy atom. The van der Waals surface area contributed by atoms with E-state index < -0.39 is 0 Å². The number of nitrogens with two attached hydrogens (primary N) is 2. The van der Waals surface area contributed by atoms with Crippen LogP contribution < -0.4 is 16.2 Å². The average molecular weight is 329 g/mol. The zero-order valence-electron chi connectivity index (χ0n) is 11.4. The number of hydrogen-bond donors (Lipinski definition) is 2. The highest BCUT2D eigenvalue weighted by Crippen LogP contribution is 2.27.